The minimum Gasteiger partial charge on any atom is -0.495 e. The molecule has 0 aromatic heterocycles. The van der Waals surface area contributed by atoms with Crippen LogP contribution in [0.4, 0.5) is 0 Å². The van der Waals surface area contributed by atoms with Crippen LogP contribution < -0.4 is 4.74 Å². The Kier molecular flexibility index (Phi) is 5.84. The summed E-state index contributed by atoms with van der Waals surface area (Å²) in [5.74, 6) is 1.18. The zero-order chi connectivity index (χ0) is 17.8. The van der Waals surface area contributed by atoms with Crippen molar-refractivity contribution >= 4 is 23.4 Å². The molecule has 25 heavy (non-hydrogen) atoms. The maximum Gasteiger partial charge on any atom is 0.227 e. The van der Waals surface area contributed by atoms with Crippen molar-refractivity contribution in [2.75, 3.05) is 33.3 Å². The minimum atomic E-state index is 0.0780. The standard InChI is InChI=1S/C19H25ClN2O3/c1-25-17-7-6-14(12-16(17)20)13-18(23)21-8-10-22(11-9-21)19(24)15-4-2-3-5-15/h6-7,12,15H,2-5,8-11,13H2,1H3. The highest BCUT2D eigenvalue weighted by Gasteiger charge is 2.30. The van der Waals surface area contributed by atoms with Crippen LogP contribution in [0.25, 0.3) is 0 Å². The van der Waals surface area contributed by atoms with E-state index in [0.29, 0.717) is 43.4 Å². The highest BCUT2D eigenvalue weighted by Crippen LogP contribution is 2.27. The van der Waals surface area contributed by atoms with Gasteiger partial charge < -0.3 is 14.5 Å². The predicted octanol–water partition coefficient (Wildman–Crippen LogP) is 2.75. The van der Waals surface area contributed by atoms with E-state index in [-0.39, 0.29) is 17.7 Å². The smallest absolute Gasteiger partial charge is 0.227 e. The first-order valence-electron chi connectivity index (χ1n) is 8.97. The van der Waals surface area contributed by atoms with Gasteiger partial charge in [-0.05, 0) is 30.5 Å². The molecule has 0 bridgehead atoms. The number of carbonyl (C=O) groups is 2. The molecular weight excluding hydrogens is 340 g/mol. The third-order valence-electron chi connectivity index (χ3n) is 5.22. The molecule has 3 rings (SSSR count). The van der Waals surface area contributed by atoms with Gasteiger partial charge in [-0.15, -0.1) is 0 Å². The molecule has 0 atom stereocenters. The summed E-state index contributed by atoms with van der Waals surface area (Å²) in [7, 11) is 1.57. The molecule has 0 unspecified atom stereocenters. The van der Waals surface area contributed by atoms with Gasteiger partial charge in [0.05, 0.1) is 18.6 Å². The Balaban J connectivity index is 1.51. The summed E-state index contributed by atoms with van der Waals surface area (Å²) >= 11 is 6.12. The van der Waals surface area contributed by atoms with Gasteiger partial charge in [-0.1, -0.05) is 30.5 Å². The largest absolute Gasteiger partial charge is 0.495 e. The number of piperazine rings is 1. The number of rotatable bonds is 4. The average Bonchev–Trinajstić information content (AvgIpc) is 3.16. The fourth-order valence-electron chi connectivity index (χ4n) is 3.71. The molecule has 6 heteroatoms. The van der Waals surface area contributed by atoms with Crippen LogP contribution in [-0.4, -0.2) is 54.9 Å². The lowest BCUT2D eigenvalue weighted by molar-refractivity contribution is -0.141. The van der Waals surface area contributed by atoms with Crippen LogP contribution in [0, 0.1) is 5.92 Å². The lowest BCUT2D eigenvalue weighted by Crippen LogP contribution is -2.52. The molecule has 1 aromatic rings. The van der Waals surface area contributed by atoms with Crippen LogP contribution >= 0.6 is 11.6 Å². The van der Waals surface area contributed by atoms with E-state index in [9.17, 15) is 9.59 Å². The Hall–Kier alpha value is -1.75. The van der Waals surface area contributed by atoms with Gasteiger partial charge in [-0.25, -0.2) is 0 Å². The van der Waals surface area contributed by atoms with Gasteiger partial charge in [0.25, 0.3) is 0 Å². The summed E-state index contributed by atoms with van der Waals surface area (Å²) in [6, 6.07) is 5.42. The number of ether oxygens (including phenoxy) is 1. The van der Waals surface area contributed by atoms with E-state index in [4.69, 9.17) is 16.3 Å². The summed E-state index contributed by atoms with van der Waals surface area (Å²) < 4.78 is 5.13. The number of hydrogen-bond donors (Lipinski definition) is 0. The number of nitrogens with zero attached hydrogens (tertiary/aromatic N) is 2. The van der Waals surface area contributed by atoms with Crippen molar-refractivity contribution in [3.63, 3.8) is 0 Å². The van der Waals surface area contributed by atoms with Gasteiger partial charge in [0.2, 0.25) is 11.8 Å². The van der Waals surface area contributed by atoms with E-state index in [2.05, 4.69) is 0 Å². The van der Waals surface area contributed by atoms with Crippen LogP contribution in [0.1, 0.15) is 31.2 Å². The van der Waals surface area contributed by atoms with Crippen LogP contribution in [0.5, 0.6) is 5.75 Å². The Morgan fingerprint density at radius 2 is 1.76 bits per heavy atom. The topological polar surface area (TPSA) is 49.9 Å². The molecule has 0 N–H and O–H groups in total. The second-order valence-electron chi connectivity index (χ2n) is 6.83. The molecule has 1 aliphatic heterocycles. The normalized spacial score (nSPS) is 18.5. The van der Waals surface area contributed by atoms with Gasteiger partial charge in [0, 0.05) is 32.1 Å². The fourth-order valence-corrected chi connectivity index (χ4v) is 3.99. The fraction of sp³-hybridized carbons (Fsp3) is 0.579. The molecule has 136 valence electrons. The lowest BCUT2D eigenvalue weighted by Gasteiger charge is -2.36. The lowest BCUT2D eigenvalue weighted by atomic mass is 10.1. The monoisotopic (exact) mass is 364 g/mol. The third-order valence-corrected chi connectivity index (χ3v) is 5.52. The number of halogens is 1. The first-order valence-corrected chi connectivity index (χ1v) is 9.35. The predicted molar refractivity (Wildman–Crippen MR) is 96.8 cm³/mol. The first-order chi connectivity index (χ1) is 12.1. The molecule has 2 aliphatic rings. The van der Waals surface area contributed by atoms with Crippen molar-refractivity contribution in [3.05, 3.63) is 28.8 Å². The van der Waals surface area contributed by atoms with Crippen LogP contribution in [0.2, 0.25) is 5.02 Å². The van der Waals surface area contributed by atoms with Gasteiger partial charge >= 0.3 is 0 Å². The van der Waals surface area contributed by atoms with E-state index in [1.807, 2.05) is 15.9 Å². The average molecular weight is 365 g/mol. The van der Waals surface area contributed by atoms with E-state index in [1.165, 1.54) is 12.8 Å². The van der Waals surface area contributed by atoms with E-state index >= 15 is 0 Å². The molecule has 2 amide bonds. The van der Waals surface area contributed by atoms with E-state index < -0.39 is 0 Å². The number of hydrogen-bond acceptors (Lipinski definition) is 3. The highest BCUT2D eigenvalue weighted by molar-refractivity contribution is 6.32. The third kappa shape index (κ3) is 4.27. The van der Waals surface area contributed by atoms with Crippen molar-refractivity contribution in [2.45, 2.75) is 32.1 Å². The molecule has 0 radical (unpaired) electrons. The number of methoxy groups -OCH3 is 1. The second kappa shape index (κ2) is 8.09. The minimum absolute atomic E-state index is 0.0780. The molecule has 1 saturated heterocycles. The Bertz CT molecular complexity index is 636. The molecule has 0 spiro atoms. The van der Waals surface area contributed by atoms with Crippen LogP contribution in [0.15, 0.2) is 18.2 Å². The maximum atomic E-state index is 12.5. The summed E-state index contributed by atoms with van der Waals surface area (Å²) in [6.45, 7) is 2.51. The molecule has 1 saturated carbocycles. The summed E-state index contributed by atoms with van der Waals surface area (Å²) in [5, 5.41) is 0.514. The van der Waals surface area contributed by atoms with Crippen LogP contribution in [-0.2, 0) is 16.0 Å². The summed E-state index contributed by atoms with van der Waals surface area (Å²) in [5.41, 5.74) is 0.875. The summed E-state index contributed by atoms with van der Waals surface area (Å²) in [4.78, 5) is 28.8. The highest BCUT2D eigenvalue weighted by atomic mass is 35.5. The van der Waals surface area contributed by atoms with Gasteiger partial charge in [0.1, 0.15) is 5.75 Å². The molecule has 2 fully saturated rings. The van der Waals surface area contributed by atoms with Gasteiger partial charge in [0.15, 0.2) is 0 Å². The van der Waals surface area contributed by atoms with E-state index in [0.717, 1.165) is 18.4 Å². The zero-order valence-electron chi connectivity index (χ0n) is 14.7. The van der Waals surface area contributed by atoms with Crippen molar-refractivity contribution in [1.82, 2.24) is 9.80 Å². The molecule has 1 heterocycles. The van der Waals surface area contributed by atoms with Crippen molar-refractivity contribution < 1.29 is 14.3 Å². The number of carbonyl (C=O) groups excluding carboxylic acids is 2. The molecule has 1 aromatic carbocycles. The number of amides is 2. The Morgan fingerprint density at radius 3 is 2.36 bits per heavy atom. The summed E-state index contributed by atoms with van der Waals surface area (Å²) in [6.07, 6.45) is 4.70. The van der Waals surface area contributed by atoms with Crippen molar-refractivity contribution in [1.29, 1.82) is 0 Å². The Labute approximate surface area is 153 Å². The van der Waals surface area contributed by atoms with Crippen molar-refractivity contribution in [2.24, 2.45) is 5.92 Å². The van der Waals surface area contributed by atoms with Gasteiger partial charge in [-0.2, -0.15) is 0 Å². The first kappa shape index (κ1) is 18.1. The molecular formula is C19H25ClN2O3. The zero-order valence-corrected chi connectivity index (χ0v) is 15.4. The van der Waals surface area contributed by atoms with Crippen LogP contribution in [0.3, 0.4) is 0 Å². The van der Waals surface area contributed by atoms with Crippen molar-refractivity contribution in [3.8, 4) is 5.75 Å². The quantitative estimate of drug-likeness (QED) is 0.825. The maximum absolute atomic E-state index is 12.5. The number of benzene rings is 1. The Morgan fingerprint density at radius 1 is 1.12 bits per heavy atom. The van der Waals surface area contributed by atoms with E-state index in [1.54, 1.807) is 19.2 Å². The molecule has 5 nitrogen and oxygen atoms in total. The SMILES string of the molecule is COc1ccc(CC(=O)N2CCN(C(=O)C3CCCC3)CC2)cc1Cl. The van der Waals surface area contributed by atoms with Gasteiger partial charge in [-0.3, -0.25) is 9.59 Å². The second-order valence-corrected chi connectivity index (χ2v) is 7.24. The molecule has 1 aliphatic carbocycles.